The van der Waals surface area contributed by atoms with Crippen molar-refractivity contribution in [2.45, 2.75) is 18.7 Å². The van der Waals surface area contributed by atoms with Gasteiger partial charge in [-0.2, -0.15) is 0 Å². The molecule has 0 radical (unpaired) electrons. The van der Waals surface area contributed by atoms with Gasteiger partial charge in [-0.15, -0.1) is 0 Å². The van der Waals surface area contributed by atoms with E-state index in [1.165, 1.54) is 0 Å². The van der Waals surface area contributed by atoms with Gasteiger partial charge in [0, 0.05) is 5.69 Å². The molecule has 0 saturated heterocycles. The van der Waals surface area contributed by atoms with E-state index in [1.54, 1.807) is 36.4 Å². The molecule has 6 heteroatoms. The van der Waals surface area contributed by atoms with E-state index in [1.807, 2.05) is 44.2 Å². The molecule has 5 nitrogen and oxygen atoms in total. The summed E-state index contributed by atoms with van der Waals surface area (Å²) < 4.78 is 33.1. The number of hydrogen-bond acceptors (Lipinski definition) is 4. The predicted octanol–water partition coefficient (Wildman–Crippen LogP) is 4.26. The van der Waals surface area contributed by atoms with Gasteiger partial charge in [-0.1, -0.05) is 30.3 Å². The van der Waals surface area contributed by atoms with E-state index in [9.17, 15) is 8.42 Å². The second-order valence-corrected chi connectivity index (χ2v) is 7.44. The van der Waals surface area contributed by atoms with Crippen LogP contribution in [0.1, 0.15) is 12.6 Å². The molecule has 0 unspecified atom stereocenters. The summed E-state index contributed by atoms with van der Waals surface area (Å²) in [4.78, 5) is 4.36. The smallest absolute Gasteiger partial charge is 0.263 e. The van der Waals surface area contributed by atoms with Crippen molar-refractivity contribution >= 4 is 15.8 Å². The van der Waals surface area contributed by atoms with Crippen LogP contribution in [-0.2, 0) is 10.0 Å². The molecule has 26 heavy (non-hydrogen) atoms. The molecule has 3 aromatic rings. The third-order valence-electron chi connectivity index (χ3n) is 3.77. The van der Waals surface area contributed by atoms with Crippen LogP contribution < -0.4 is 9.46 Å². The van der Waals surface area contributed by atoms with Gasteiger partial charge in [0.1, 0.15) is 11.6 Å². The summed E-state index contributed by atoms with van der Waals surface area (Å²) in [6.45, 7) is 4.34. The zero-order valence-corrected chi connectivity index (χ0v) is 15.5. The quantitative estimate of drug-likeness (QED) is 0.706. The Hall–Kier alpha value is -2.86. The zero-order chi connectivity index (χ0) is 18.6. The number of anilines is 1. The second-order valence-electron chi connectivity index (χ2n) is 5.75. The molecule has 2 aromatic carbocycles. The number of aromatic nitrogens is 1. The number of nitrogens with one attached hydrogen (secondary N) is 1. The topological polar surface area (TPSA) is 68.3 Å². The highest BCUT2D eigenvalue weighted by Gasteiger charge is 2.15. The Bertz CT molecular complexity index is 1000. The van der Waals surface area contributed by atoms with E-state index in [-0.39, 0.29) is 4.90 Å². The molecule has 1 N–H and O–H groups in total. The van der Waals surface area contributed by atoms with Crippen LogP contribution in [0.3, 0.4) is 0 Å². The summed E-state index contributed by atoms with van der Waals surface area (Å²) in [6, 6.07) is 19.6. The highest BCUT2D eigenvalue weighted by Crippen LogP contribution is 2.25. The first-order valence-electron chi connectivity index (χ1n) is 8.28. The first-order valence-corrected chi connectivity index (χ1v) is 9.76. The van der Waals surface area contributed by atoms with Gasteiger partial charge in [-0.05, 0) is 61.4 Å². The number of ether oxygens (including phenoxy) is 1. The highest BCUT2D eigenvalue weighted by atomic mass is 32.2. The Morgan fingerprint density at radius 2 is 1.69 bits per heavy atom. The Morgan fingerprint density at radius 1 is 0.962 bits per heavy atom. The van der Waals surface area contributed by atoms with Crippen molar-refractivity contribution in [2.24, 2.45) is 0 Å². The number of hydrogen-bond donors (Lipinski definition) is 1. The van der Waals surface area contributed by atoms with Gasteiger partial charge in [0.25, 0.3) is 10.0 Å². The maximum Gasteiger partial charge on any atom is 0.263 e. The molecule has 0 amide bonds. The second kappa shape index (κ2) is 7.58. The summed E-state index contributed by atoms with van der Waals surface area (Å²) in [5.74, 6) is 1.09. The van der Waals surface area contributed by atoms with Crippen molar-refractivity contribution < 1.29 is 13.2 Å². The van der Waals surface area contributed by atoms with E-state index < -0.39 is 10.0 Å². The maximum absolute atomic E-state index is 12.5. The van der Waals surface area contributed by atoms with E-state index in [2.05, 4.69) is 9.71 Å². The van der Waals surface area contributed by atoms with E-state index in [0.717, 1.165) is 22.6 Å². The molecule has 0 atom stereocenters. The molecule has 0 fully saturated rings. The third kappa shape index (κ3) is 4.21. The number of sulfonamides is 1. The van der Waals surface area contributed by atoms with E-state index in [0.29, 0.717) is 12.4 Å². The van der Waals surface area contributed by atoms with Crippen LogP contribution in [0, 0.1) is 6.92 Å². The van der Waals surface area contributed by atoms with Gasteiger partial charge in [0.2, 0.25) is 0 Å². The van der Waals surface area contributed by atoms with Crippen LogP contribution in [0.15, 0.2) is 71.6 Å². The number of aryl methyl sites for hydroxylation is 1. The van der Waals surface area contributed by atoms with Crippen LogP contribution >= 0.6 is 0 Å². The molecule has 1 heterocycles. The average molecular weight is 368 g/mol. The summed E-state index contributed by atoms with van der Waals surface area (Å²) in [7, 11) is -3.68. The fourth-order valence-electron chi connectivity index (χ4n) is 2.56. The highest BCUT2D eigenvalue weighted by molar-refractivity contribution is 7.92. The summed E-state index contributed by atoms with van der Waals surface area (Å²) in [5, 5.41) is 0. The molecule has 3 rings (SSSR count). The van der Waals surface area contributed by atoms with Crippen LogP contribution in [0.4, 0.5) is 5.82 Å². The number of benzene rings is 2. The normalized spacial score (nSPS) is 11.2. The van der Waals surface area contributed by atoms with Crippen LogP contribution in [0.2, 0.25) is 0 Å². The largest absolute Gasteiger partial charge is 0.494 e. The molecule has 0 spiro atoms. The molecule has 0 aliphatic heterocycles. The van der Waals surface area contributed by atoms with Crippen LogP contribution in [-0.4, -0.2) is 20.0 Å². The molecule has 1 aromatic heterocycles. The van der Waals surface area contributed by atoms with Crippen molar-refractivity contribution in [2.75, 3.05) is 11.3 Å². The monoisotopic (exact) mass is 368 g/mol. The zero-order valence-electron chi connectivity index (χ0n) is 14.6. The fraction of sp³-hybridized carbons (Fsp3) is 0.150. The summed E-state index contributed by atoms with van der Waals surface area (Å²) in [6.07, 6.45) is 0. The average Bonchev–Trinajstić information content (AvgIpc) is 2.62. The molecule has 0 aliphatic carbocycles. The van der Waals surface area contributed by atoms with Crippen molar-refractivity contribution in [3.63, 3.8) is 0 Å². The fourth-order valence-corrected chi connectivity index (χ4v) is 3.56. The van der Waals surface area contributed by atoms with Gasteiger partial charge in [0.15, 0.2) is 0 Å². The van der Waals surface area contributed by atoms with Gasteiger partial charge >= 0.3 is 0 Å². The van der Waals surface area contributed by atoms with Crippen LogP contribution in [0.25, 0.3) is 11.1 Å². The molecule has 134 valence electrons. The lowest BCUT2D eigenvalue weighted by molar-refractivity contribution is 0.340. The molecule has 0 saturated carbocycles. The Balaban J connectivity index is 1.83. The van der Waals surface area contributed by atoms with Gasteiger partial charge < -0.3 is 4.74 Å². The number of nitrogens with zero attached hydrogens (tertiary/aromatic N) is 1. The Morgan fingerprint density at radius 3 is 2.38 bits per heavy atom. The van der Waals surface area contributed by atoms with E-state index in [4.69, 9.17) is 4.74 Å². The lowest BCUT2D eigenvalue weighted by Crippen LogP contribution is -2.14. The minimum atomic E-state index is -3.68. The first kappa shape index (κ1) is 17.9. The SMILES string of the molecule is CCOc1cccc(-c2ccc(S(=O)(=O)Nc3cccc(C)n3)cc2)c1. The Labute approximate surface area is 153 Å². The van der Waals surface area contributed by atoms with Gasteiger partial charge in [-0.3, -0.25) is 4.72 Å². The molecular weight excluding hydrogens is 348 g/mol. The first-order chi connectivity index (χ1) is 12.5. The van der Waals surface area contributed by atoms with E-state index >= 15 is 0 Å². The number of pyridine rings is 1. The van der Waals surface area contributed by atoms with Crippen molar-refractivity contribution in [3.05, 3.63) is 72.4 Å². The minimum Gasteiger partial charge on any atom is -0.494 e. The van der Waals surface area contributed by atoms with Gasteiger partial charge in [-0.25, -0.2) is 13.4 Å². The van der Waals surface area contributed by atoms with Crippen molar-refractivity contribution in [3.8, 4) is 16.9 Å². The Kier molecular flexibility index (Phi) is 5.23. The standard InChI is InChI=1S/C20H20N2O3S/c1-3-25-18-8-5-7-17(14-18)16-10-12-19(13-11-16)26(23,24)22-20-9-4-6-15(2)21-20/h4-14H,3H2,1-2H3,(H,21,22). The third-order valence-corrected chi connectivity index (χ3v) is 5.14. The lowest BCUT2D eigenvalue weighted by atomic mass is 10.1. The summed E-state index contributed by atoms with van der Waals surface area (Å²) in [5.41, 5.74) is 2.63. The van der Waals surface area contributed by atoms with Crippen molar-refractivity contribution in [1.82, 2.24) is 4.98 Å². The molecular formula is C20H20N2O3S. The molecule has 0 bridgehead atoms. The summed E-state index contributed by atoms with van der Waals surface area (Å²) >= 11 is 0. The van der Waals surface area contributed by atoms with Gasteiger partial charge in [0.05, 0.1) is 11.5 Å². The van der Waals surface area contributed by atoms with Crippen LogP contribution in [0.5, 0.6) is 5.75 Å². The minimum absolute atomic E-state index is 0.186. The maximum atomic E-state index is 12.5. The van der Waals surface area contributed by atoms with Crippen molar-refractivity contribution in [1.29, 1.82) is 0 Å². The lowest BCUT2D eigenvalue weighted by Gasteiger charge is -2.09. The number of rotatable bonds is 6. The predicted molar refractivity (Wildman–Crippen MR) is 103 cm³/mol. The molecule has 0 aliphatic rings.